The normalized spacial score (nSPS) is 19.7. The minimum atomic E-state index is -0.405. The fourth-order valence-corrected chi connectivity index (χ4v) is 3.57. The van der Waals surface area contributed by atoms with Crippen molar-refractivity contribution in [2.24, 2.45) is 5.92 Å². The van der Waals surface area contributed by atoms with E-state index in [1.54, 1.807) is 24.3 Å². The van der Waals surface area contributed by atoms with Gasteiger partial charge >= 0.3 is 5.97 Å². The average Bonchev–Trinajstić information content (AvgIpc) is 3.46. The van der Waals surface area contributed by atoms with Crippen molar-refractivity contribution in [3.8, 4) is 0 Å². The highest BCUT2D eigenvalue weighted by atomic mass is 16.5. The number of hydrogen-bond donors (Lipinski definition) is 0. The zero-order chi connectivity index (χ0) is 18.8. The van der Waals surface area contributed by atoms with E-state index in [4.69, 9.17) is 4.52 Å². The predicted molar refractivity (Wildman–Crippen MR) is 96.4 cm³/mol. The van der Waals surface area contributed by atoms with E-state index in [1.165, 1.54) is 7.11 Å². The largest absolute Gasteiger partial charge is 0.465 e. The fraction of sp³-hybridized carbons (Fsp3) is 0.500. The molecule has 2 heterocycles. The van der Waals surface area contributed by atoms with E-state index in [0.29, 0.717) is 41.8 Å². The highest BCUT2D eigenvalue weighted by Crippen LogP contribution is 2.38. The summed E-state index contributed by atoms with van der Waals surface area (Å²) < 4.78 is 10.1. The summed E-state index contributed by atoms with van der Waals surface area (Å²) in [6, 6.07) is 6.60. The summed E-state index contributed by atoms with van der Waals surface area (Å²) in [6.07, 6.45) is 5.02. The lowest BCUT2D eigenvalue weighted by molar-refractivity contribution is 0.0598. The number of methoxy groups -OCH3 is 1. The zero-order valence-electron chi connectivity index (χ0n) is 15.4. The number of amides is 1. The van der Waals surface area contributed by atoms with Crippen LogP contribution in [0.1, 0.15) is 64.0 Å². The average molecular weight is 369 g/mol. The monoisotopic (exact) mass is 369 g/mol. The van der Waals surface area contributed by atoms with Crippen LogP contribution in [-0.4, -0.2) is 47.1 Å². The maximum absolute atomic E-state index is 12.8. The maximum atomic E-state index is 12.8. The molecule has 1 saturated carbocycles. The van der Waals surface area contributed by atoms with Gasteiger partial charge in [-0.2, -0.15) is 4.98 Å². The van der Waals surface area contributed by atoms with Crippen LogP contribution in [0.25, 0.3) is 0 Å². The standard InChI is InChI=1S/C20H23N3O4/c1-26-20(25)16-8-6-15(7-9-16)19(24)23-10-2-3-13(12-23)11-17-21-18(22-27-17)14-4-5-14/h6-9,13-14H,2-5,10-12H2,1H3/t13-/m1/s1. The number of carbonyl (C=O) groups excluding carboxylic acids is 2. The van der Waals surface area contributed by atoms with Gasteiger partial charge in [0.05, 0.1) is 12.7 Å². The van der Waals surface area contributed by atoms with Crippen LogP contribution < -0.4 is 0 Å². The van der Waals surface area contributed by atoms with E-state index in [0.717, 1.165) is 38.1 Å². The summed E-state index contributed by atoms with van der Waals surface area (Å²) in [5.41, 5.74) is 1.02. The van der Waals surface area contributed by atoms with Crippen LogP contribution in [0.4, 0.5) is 0 Å². The van der Waals surface area contributed by atoms with Gasteiger partial charge in [-0.15, -0.1) is 0 Å². The molecule has 1 aliphatic carbocycles. The highest BCUT2D eigenvalue weighted by Gasteiger charge is 2.30. The van der Waals surface area contributed by atoms with Gasteiger partial charge in [-0.3, -0.25) is 4.79 Å². The van der Waals surface area contributed by atoms with E-state index >= 15 is 0 Å². The molecule has 7 heteroatoms. The van der Waals surface area contributed by atoms with Gasteiger partial charge in [-0.1, -0.05) is 5.16 Å². The summed E-state index contributed by atoms with van der Waals surface area (Å²) in [5.74, 6) is 1.90. The Morgan fingerprint density at radius 1 is 1.19 bits per heavy atom. The van der Waals surface area contributed by atoms with Gasteiger partial charge in [0, 0.05) is 31.0 Å². The van der Waals surface area contributed by atoms with Crippen molar-refractivity contribution in [1.82, 2.24) is 15.0 Å². The van der Waals surface area contributed by atoms with Crippen molar-refractivity contribution in [3.63, 3.8) is 0 Å². The second kappa shape index (κ2) is 7.50. The van der Waals surface area contributed by atoms with Gasteiger partial charge in [-0.25, -0.2) is 4.79 Å². The minimum Gasteiger partial charge on any atom is -0.465 e. The third kappa shape index (κ3) is 4.02. The molecule has 2 aliphatic rings. The first-order valence-corrected chi connectivity index (χ1v) is 9.44. The smallest absolute Gasteiger partial charge is 0.337 e. The molecule has 1 atom stereocenters. The Bertz CT molecular complexity index is 826. The molecule has 2 aromatic rings. The number of esters is 1. The number of piperidine rings is 1. The molecule has 1 aromatic carbocycles. The number of hydrogen-bond acceptors (Lipinski definition) is 6. The molecule has 1 amide bonds. The number of likely N-dealkylation sites (tertiary alicyclic amines) is 1. The minimum absolute atomic E-state index is 0.0136. The molecule has 0 bridgehead atoms. The van der Waals surface area contributed by atoms with Gasteiger partial charge in [-0.05, 0) is 55.9 Å². The van der Waals surface area contributed by atoms with Crippen LogP contribution >= 0.6 is 0 Å². The predicted octanol–water partition coefficient (Wildman–Crippen LogP) is 2.83. The maximum Gasteiger partial charge on any atom is 0.337 e. The lowest BCUT2D eigenvalue weighted by Crippen LogP contribution is -2.40. The lowest BCUT2D eigenvalue weighted by atomic mass is 9.94. The van der Waals surface area contributed by atoms with Crippen LogP contribution in [0, 0.1) is 5.92 Å². The first-order chi connectivity index (χ1) is 13.1. The van der Waals surface area contributed by atoms with E-state index in [2.05, 4.69) is 14.9 Å². The molecule has 2 fully saturated rings. The Kier molecular flexibility index (Phi) is 4.92. The van der Waals surface area contributed by atoms with Crippen LogP contribution in [-0.2, 0) is 11.2 Å². The first kappa shape index (κ1) is 17.7. The quantitative estimate of drug-likeness (QED) is 0.754. The van der Waals surface area contributed by atoms with Gasteiger partial charge in [0.25, 0.3) is 5.91 Å². The molecule has 142 valence electrons. The van der Waals surface area contributed by atoms with Crippen molar-refractivity contribution in [2.75, 3.05) is 20.2 Å². The van der Waals surface area contributed by atoms with E-state index in [9.17, 15) is 9.59 Å². The van der Waals surface area contributed by atoms with E-state index in [1.807, 2.05) is 4.90 Å². The SMILES string of the molecule is COC(=O)c1ccc(C(=O)N2CCC[C@H](Cc3nc(C4CC4)no3)C2)cc1. The molecule has 4 rings (SSSR count). The van der Waals surface area contributed by atoms with E-state index < -0.39 is 5.97 Å². The van der Waals surface area contributed by atoms with E-state index in [-0.39, 0.29) is 5.91 Å². The Morgan fingerprint density at radius 3 is 2.63 bits per heavy atom. The van der Waals surface area contributed by atoms with Crippen LogP contribution in [0.15, 0.2) is 28.8 Å². The first-order valence-electron chi connectivity index (χ1n) is 9.44. The third-order valence-electron chi connectivity index (χ3n) is 5.25. The Balaban J connectivity index is 1.37. The summed E-state index contributed by atoms with van der Waals surface area (Å²) in [5, 5.41) is 4.07. The molecule has 0 unspecified atom stereocenters. The molecule has 7 nitrogen and oxygen atoms in total. The topological polar surface area (TPSA) is 85.5 Å². The zero-order valence-corrected chi connectivity index (χ0v) is 15.4. The fourth-order valence-electron chi connectivity index (χ4n) is 3.57. The molecule has 0 radical (unpaired) electrons. The van der Waals surface area contributed by atoms with Crippen LogP contribution in [0.3, 0.4) is 0 Å². The van der Waals surface area contributed by atoms with Gasteiger partial charge in [0.15, 0.2) is 5.82 Å². The number of ether oxygens (including phenoxy) is 1. The van der Waals surface area contributed by atoms with Crippen molar-refractivity contribution in [1.29, 1.82) is 0 Å². The summed E-state index contributed by atoms with van der Waals surface area (Å²) >= 11 is 0. The summed E-state index contributed by atoms with van der Waals surface area (Å²) in [7, 11) is 1.34. The molecule has 0 N–H and O–H groups in total. The molecule has 0 spiro atoms. The Morgan fingerprint density at radius 2 is 1.93 bits per heavy atom. The van der Waals surface area contributed by atoms with Crippen molar-refractivity contribution in [3.05, 3.63) is 47.1 Å². The molecule has 1 aliphatic heterocycles. The Labute approximate surface area is 157 Å². The highest BCUT2D eigenvalue weighted by molar-refractivity contribution is 5.96. The van der Waals surface area contributed by atoms with Crippen molar-refractivity contribution in [2.45, 2.75) is 38.0 Å². The van der Waals surface area contributed by atoms with Gasteiger partial charge < -0.3 is 14.2 Å². The van der Waals surface area contributed by atoms with Crippen LogP contribution in [0.2, 0.25) is 0 Å². The molecular formula is C20H23N3O4. The molecular weight excluding hydrogens is 346 g/mol. The summed E-state index contributed by atoms with van der Waals surface area (Å²) in [4.78, 5) is 30.7. The second-order valence-electron chi connectivity index (χ2n) is 7.35. The second-order valence-corrected chi connectivity index (χ2v) is 7.35. The lowest BCUT2D eigenvalue weighted by Gasteiger charge is -2.32. The van der Waals surface area contributed by atoms with Crippen LogP contribution in [0.5, 0.6) is 0 Å². The van der Waals surface area contributed by atoms with Gasteiger partial charge in [0.2, 0.25) is 5.89 Å². The van der Waals surface area contributed by atoms with Crippen molar-refractivity contribution < 1.29 is 18.8 Å². The molecule has 1 saturated heterocycles. The molecule has 27 heavy (non-hydrogen) atoms. The number of benzene rings is 1. The number of carbonyl (C=O) groups is 2. The van der Waals surface area contributed by atoms with Crippen molar-refractivity contribution >= 4 is 11.9 Å². The summed E-state index contributed by atoms with van der Waals surface area (Å²) in [6.45, 7) is 1.42. The van der Waals surface area contributed by atoms with Gasteiger partial charge in [0.1, 0.15) is 0 Å². The third-order valence-corrected chi connectivity index (χ3v) is 5.25. The molecule has 1 aromatic heterocycles. The number of aromatic nitrogens is 2. The Hall–Kier alpha value is -2.70. The number of nitrogens with zero attached hydrogens (tertiary/aromatic N) is 3. The number of rotatable bonds is 5.